The number of hydrogen-bond acceptors (Lipinski definition) is 3. The Bertz CT molecular complexity index is 563. The van der Waals surface area contributed by atoms with Gasteiger partial charge in [0.05, 0.1) is 16.0 Å². The molecule has 0 heterocycles. The summed E-state index contributed by atoms with van der Waals surface area (Å²) >= 11 is 5.07. The van der Waals surface area contributed by atoms with Gasteiger partial charge in [-0.15, -0.1) is 0 Å². The van der Waals surface area contributed by atoms with E-state index < -0.39 is 37.3 Å². The lowest BCUT2D eigenvalue weighted by atomic mass is 10.1. The highest BCUT2D eigenvalue weighted by atomic mass is 35.5. The Labute approximate surface area is 100 Å². The minimum Gasteiger partial charge on any atom is -0.276 e. The molecule has 0 spiro atoms. The monoisotopic (exact) mass is 286 g/mol. The van der Waals surface area contributed by atoms with Gasteiger partial charge >= 0.3 is 6.18 Å². The van der Waals surface area contributed by atoms with Gasteiger partial charge in [0.15, 0.2) is 9.84 Å². The third-order valence-electron chi connectivity index (χ3n) is 1.92. The molecule has 1 aromatic rings. The third-order valence-corrected chi connectivity index (χ3v) is 3.28. The molecule has 0 saturated carbocycles. The van der Waals surface area contributed by atoms with E-state index in [2.05, 4.69) is 0 Å². The van der Waals surface area contributed by atoms with Gasteiger partial charge in [0, 0.05) is 6.26 Å². The average molecular weight is 287 g/mol. The minimum absolute atomic E-state index is 0.422. The molecule has 0 atom stereocenters. The Morgan fingerprint density at radius 3 is 2.18 bits per heavy atom. The standard InChI is InChI=1S/C9H6ClF3O3S/c1-17(15,16)7-3-2-5(9(11,12)13)4-6(7)8(10)14/h2-4H,1H3. The molecule has 1 rings (SSSR count). The average Bonchev–Trinajstić information content (AvgIpc) is 2.14. The first-order valence-electron chi connectivity index (χ1n) is 4.14. The van der Waals surface area contributed by atoms with Crippen LogP contribution in [0.25, 0.3) is 0 Å². The van der Waals surface area contributed by atoms with E-state index in [1.165, 1.54) is 0 Å². The number of benzene rings is 1. The lowest BCUT2D eigenvalue weighted by Crippen LogP contribution is -2.10. The van der Waals surface area contributed by atoms with E-state index in [0.29, 0.717) is 18.2 Å². The zero-order valence-electron chi connectivity index (χ0n) is 8.38. The summed E-state index contributed by atoms with van der Waals surface area (Å²) < 4.78 is 59.5. The lowest BCUT2D eigenvalue weighted by Gasteiger charge is -2.10. The first kappa shape index (κ1) is 14.0. The molecule has 0 aliphatic carbocycles. The Hall–Kier alpha value is -1.08. The summed E-state index contributed by atoms with van der Waals surface area (Å²) in [6.45, 7) is 0. The van der Waals surface area contributed by atoms with E-state index in [9.17, 15) is 26.4 Å². The smallest absolute Gasteiger partial charge is 0.276 e. The molecule has 0 unspecified atom stereocenters. The van der Waals surface area contributed by atoms with Crippen LogP contribution in [0.2, 0.25) is 0 Å². The van der Waals surface area contributed by atoms with Gasteiger partial charge in [-0.05, 0) is 29.8 Å². The van der Waals surface area contributed by atoms with Crippen molar-refractivity contribution < 1.29 is 26.4 Å². The van der Waals surface area contributed by atoms with Gasteiger partial charge in [0.2, 0.25) is 0 Å². The van der Waals surface area contributed by atoms with Crippen LogP contribution in [0.3, 0.4) is 0 Å². The van der Waals surface area contributed by atoms with E-state index in [1.54, 1.807) is 0 Å². The molecule has 94 valence electrons. The van der Waals surface area contributed by atoms with E-state index in [1.807, 2.05) is 0 Å². The highest BCUT2D eigenvalue weighted by Gasteiger charge is 2.32. The molecule has 3 nitrogen and oxygen atoms in total. The van der Waals surface area contributed by atoms with Gasteiger partial charge in [-0.1, -0.05) is 0 Å². The number of carbonyl (C=O) groups is 1. The quantitative estimate of drug-likeness (QED) is 0.785. The predicted octanol–water partition coefficient (Wildman–Crippen LogP) is 2.49. The molecular weight excluding hydrogens is 281 g/mol. The number of halogens is 4. The molecular formula is C9H6ClF3O3S. The molecule has 17 heavy (non-hydrogen) atoms. The summed E-state index contributed by atoms with van der Waals surface area (Å²) in [5, 5.41) is -1.25. The fourth-order valence-electron chi connectivity index (χ4n) is 1.18. The maximum absolute atomic E-state index is 12.4. The van der Waals surface area contributed by atoms with Gasteiger partial charge in [0.1, 0.15) is 0 Å². The topological polar surface area (TPSA) is 51.2 Å². The van der Waals surface area contributed by atoms with Crippen molar-refractivity contribution in [3.63, 3.8) is 0 Å². The maximum Gasteiger partial charge on any atom is 0.416 e. The van der Waals surface area contributed by atoms with Crippen LogP contribution in [-0.4, -0.2) is 19.9 Å². The fourth-order valence-corrected chi connectivity index (χ4v) is 2.26. The Morgan fingerprint density at radius 2 is 1.82 bits per heavy atom. The third kappa shape index (κ3) is 3.19. The van der Waals surface area contributed by atoms with Gasteiger partial charge in [-0.25, -0.2) is 8.42 Å². The summed E-state index contributed by atoms with van der Waals surface area (Å²) in [5.74, 6) is 0. The molecule has 0 aliphatic rings. The summed E-state index contributed by atoms with van der Waals surface area (Å²) in [6.07, 6.45) is -3.89. The maximum atomic E-state index is 12.4. The van der Waals surface area contributed by atoms with Crippen molar-refractivity contribution in [2.75, 3.05) is 6.26 Å². The summed E-state index contributed by atoms with van der Waals surface area (Å²) in [5.41, 5.74) is -1.81. The molecule has 1 aromatic carbocycles. The van der Waals surface area contributed by atoms with E-state index in [4.69, 9.17) is 11.6 Å². The van der Waals surface area contributed by atoms with Crippen molar-refractivity contribution in [3.8, 4) is 0 Å². The molecule has 0 fully saturated rings. The molecule has 0 amide bonds. The van der Waals surface area contributed by atoms with Crippen molar-refractivity contribution in [2.24, 2.45) is 0 Å². The Morgan fingerprint density at radius 1 is 1.29 bits per heavy atom. The molecule has 0 saturated heterocycles. The first-order chi connectivity index (χ1) is 7.53. The number of hydrogen-bond donors (Lipinski definition) is 0. The highest BCUT2D eigenvalue weighted by Crippen LogP contribution is 2.32. The van der Waals surface area contributed by atoms with Crippen LogP contribution in [0.4, 0.5) is 13.2 Å². The molecule has 0 bridgehead atoms. The van der Waals surface area contributed by atoms with Gasteiger partial charge in [-0.3, -0.25) is 4.79 Å². The Balaban J connectivity index is 3.55. The van der Waals surface area contributed by atoms with Gasteiger partial charge in [-0.2, -0.15) is 13.2 Å². The molecule has 0 N–H and O–H groups in total. The van der Waals surface area contributed by atoms with Crippen molar-refractivity contribution in [1.82, 2.24) is 0 Å². The molecule has 0 aromatic heterocycles. The fraction of sp³-hybridized carbons (Fsp3) is 0.222. The Kier molecular flexibility index (Phi) is 3.54. The van der Waals surface area contributed by atoms with Crippen LogP contribution >= 0.6 is 11.6 Å². The normalized spacial score (nSPS) is 12.5. The zero-order valence-corrected chi connectivity index (χ0v) is 9.95. The van der Waals surface area contributed by atoms with Crippen LogP contribution in [0.1, 0.15) is 15.9 Å². The summed E-state index contributed by atoms with van der Waals surface area (Å²) in [4.78, 5) is 10.4. The number of rotatable bonds is 2. The van der Waals surface area contributed by atoms with Gasteiger partial charge < -0.3 is 0 Å². The predicted molar refractivity (Wildman–Crippen MR) is 54.7 cm³/mol. The lowest BCUT2D eigenvalue weighted by molar-refractivity contribution is -0.137. The number of sulfone groups is 1. The molecule has 0 radical (unpaired) electrons. The summed E-state index contributed by atoms with van der Waals surface area (Å²) in [6, 6.07) is 1.72. The zero-order chi connectivity index (χ0) is 13.4. The van der Waals surface area contributed by atoms with Crippen molar-refractivity contribution in [3.05, 3.63) is 29.3 Å². The second kappa shape index (κ2) is 4.30. The molecule has 8 heteroatoms. The molecule has 0 aliphatic heterocycles. The van der Waals surface area contributed by atoms with E-state index in [-0.39, 0.29) is 0 Å². The number of carbonyl (C=O) groups excluding carboxylic acids is 1. The van der Waals surface area contributed by atoms with Crippen LogP contribution in [-0.2, 0) is 16.0 Å². The highest BCUT2D eigenvalue weighted by molar-refractivity contribution is 7.90. The van der Waals surface area contributed by atoms with E-state index in [0.717, 1.165) is 6.26 Å². The largest absolute Gasteiger partial charge is 0.416 e. The van der Waals surface area contributed by atoms with Gasteiger partial charge in [0.25, 0.3) is 5.24 Å². The number of alkyl halides is 3. The van der Waals surface area contributed by atoms with Crippen LogP contribution in [0.15, 0.2) is 23.1 Å². The van der Waals surface area contributed by atoms with Crippen LogP contribution in [0.5, 0.6) is 0 Å². The van der Waals surface area contributed by atoms with Crippen molar-refractivity contribution >= 4 is 26.7 Å². The second-order valence-corrected chi connectivity index (χ2v) is 5.58. The van der Waals surface area contributed by atoms with Crippen LogP contribution in [0, 0.1) is 0 Å². The first-order valence-corrected chi connectivity index (χ1v) is 6.41. The van der Waals surface area contributed by atoms with Crippen molar-refractivity contribution in [2.45, 2.75) is 11.1 Å². The van der Waals surface area contributed by atoms with Crippen molar-refractivity contribution in [1.29, 1.82) is 0 Å². The van der Waals surface area contributed by atoms with Crippen LogP contribution < -0.4 is 0 Å². The SMILES string of the molecule is CS(=O)(=O)c1ccc(C(F)(F)F)cc1C(=O)Cl. The second-order valence-electron chi connectivity index (χ2n) is 3.25. The van der Waals surface area contributed by atoms with E-state index >= 15 is 0 Å². The summed E-state index contributed by atoms with van der Waals surface area (Å²) in [7, 11) is -3.81. The minimum atomic E-state index is -4.67.